The second-order valence-electron chi connectivity index (χ2n) is 5.47. The van der Waals surface area contributed by atoms with Crippen molar-refractivity contribution in [1.82, 2.24) is 9.88 Å². The lowest BCUT2D eigenvalue weighted by Crippen LogP contribution is -2.30. The number of fused-ring (bicyclic) bond motifs is 1. The number of hydrogen-bond donors (Lipinski definition) is 1. The third kappa shape index (κ3) is 2.27. The maximum atomic E-state index is 12.7. The van der Waals surface area contributed by atoms with Crippen LogP contribution in [0.1, 0.15) is 22.5 Å². The number of aromatic nitrogens is 1. The van der Waals surface area contributed by atoms with Crippen molar-refractivity contribution in [1.29, 1.82) is 0 Å². The van der Waals surface area contributed by atoms with Gasteiger partial charge in [0.2, 0.25) is 0 Å². The van der Waals surface area contributed by atoms with Crippen molar-refractivity contribution in [2.75, 3.05) is 19.6 Å². The van der Waals surface area contributed by atoms with E-state index in [1.54, 1.807) is 0 Å². The zero-order valence-electron chi connectivity index (χ0n) is 11.7. The van der Waals surface area contributed by atoms with Crippen LogP contribution in [0.5, 0.6) is 0 Å². The predicted octanol–water partition coefficient (Wildman–Crippen LogP) is 1.96. The van der Waals surface area contributed by atoms with E-state index < -0.39 is 0 Å². The lowest BCUT2D eigenvalue weighted by molar-refractivity contribution is 0.0789. The standard InChI is InChI=1S/C16H19N3O/c1-11-5-6-13-3-2-4-14(15(13)18-11)16(20)19-8-7-12(9-17)10-19/h2-6,12H,7-10,17H2,1H3/t12-/m1/s1. The van der Waals surface area contributed by atoms with Gasteiger partial charge in [0.1, 0.15) is 0 Å². The summed E-state index contributed by atoms with van der Waals surface area (Å²) in [4.78, 5) is 19.1. The monoisotopic (exact) mass is 269 g/mol. The molecule has 20 heavy (non-hydrogen) atoms. The number of para-hydroxylation sites is 1. The quantitative estimate of drug-likeness (QED) is 0.906. The molecule has 0 bridgehead atoms. The molecule has 0 unspecified atom stereocenters. The second kappa shape index (κ2) is 5.21. The average molecular weight is 269 g/mol. The van der Waals surface area contributed by atoms with Crippen LogP contribution in [0.2, 0.25) is 0 Å². The van der Waals surface area contributed by atoms with Crippen LogP contribution in [0.15, 0.2) is 30.3 Å². The van der Waals surface area contributed by atoms with Crippen molar-refractivity contribution in [3.63, 3.8) is 0 Å². The number of nitrogens with zero attached hydrogens (tertiary/aromatic N) is 2. The first kappa shape index (κ1) is 13.1. The zero-order valence-corrected chi connectivity index (χ0v) is 11.7. The molecule has 3 rings (SSSR count). The van der Waals surface area contributed by atoms with E-state index in [4.69, 9.17) is 5.73 Å². The van der Waals surface area contributed by atoms with Crippen molar-refractivity contribution >= 4 is 16.8 Å². The van der Waals surface area contributed by atoms with Crippen molar-refractivity contribution in [3.05, 3.63) is 41.6 Å². The van der Waals surface area contributed by atoms with Gasteiger partial charge in [-0.25, -0.2) is 0 Å². The van der Waals surface area contributed by atoms with Crippen LogP contribution in [0, 0.1) is 12.8 Å². The number of benzene rings is 1. The molecule has 104 valence electrons. The molecule has 2 N–H and O–H groups in total. The number of hydrogen-bond acceptors (Lipinski definition) is 3. The fourth-order valence-corrected chi connectivity index (χ4v) is 2.80. The molecule has 0 aliphatic carbocycles. The Labute approximate surface area is 118 Å². The molecule has 2 heterocycles. The van der Waals surface area contributed by atoms with Crippen LogP contribution in [-0.2, 0) is 0 Å². The van der Waals surface area contributed by atoms with E-state index in [0.717, 1.165) is 36.1 Å². The van der Waals surface area contributed by atoms with Gasteiger partial charge < -0.3 is 10.6 Å². The SMILES string of the molecule is Cc1ccc2cccc(C(=O)N3CC[C@H](CN)C3)c2n1. The summed E-state index contributed by atoms with van der Waals surface area (Å²) in [6, 6.07) is 9.76. The van der Waals surface area contributed by atoms with Gasteiger partial charge >= 0.3 is 0 Å². The highest BCUT2D eigenvalue weighted by Crippen LogP contribution is 2.22. The minimum absolute atomic E-state index is 0.0738. The van der Waals surface area contributed by atoms with E-state index in [-0.39, 0.29) is 5.91 Å². The van der Waals surface area contributed by atoms with Crippen molar-refractivity contribution in [2.24, 2.45) is 11.7 Å². The van der Waals surface area contributed by atoms with Crippen molar-refractivity contribution in [3.8, 4) is 0 Å². The van der Waals surface area contributed by atoms with Gasteiger partial charge in [0.25, 0.3) is 5.91 Å². The first-order valence-corrected chi connectivity index (χ1v) is 7.05. The van der Waals surface area contributed by atoms with Gasteiger partial charge in [-0.1, -0.05) is 18.2 Å². The number of carbonyl (C=O) groups excluding carboxylic acids is 1. The Morgan fingerprint density at radius 2 is 2.25 bits per heavy atom. The Balaban J connectivity index is 1.97. The Bertz CT molecular complexity index is 653. The van der Waals surface area contributed by atoms with Gasteiger partial charge in [-0.2, -0.15) is 0 Å². The molecule has 4 nitrogen and oxygen atoms in total. The molecule has 4 heteroatoms. The molecule has 0 saturated carbocycles. The number of pyridine rings is 1. The molecule has 1 aliphatic rings. The van der Waals surface area contributed by atoms with Gasteiger partial charge in [0, 0.05) is 24.2 Å². The number of rotatable bonds is 2. The lowest BCUT2D eigenvalue weighted by Gasteiger charge is -2.17. The number of nitrogens with two attached hydrogens (primary N) is 1. The molecule has 1 aliphatic heterocycles. The summed E-state index contributed by atoms with van der Waals surface area (Å²) in [7, 11) is 0. The third-order valence-corrected chi connectivity index (χ3v) is 4.00. The third-order valence-electron chi connectivity index (χ3n) is 4.00. The van der Waals surface area contributed by atoms with Gasteiger partial charge in [-0.05, 0) is 37.9 Å². The summed E-state index contributed by atoms with van der Waals surface area (Å²) < 4.78 is 0. The van der Waals surface area contributed by atoms with Gasteiger partial charge in [0.15, 0.2) is 0 Å². The Hall–Kier alpha value is -1.94. The van der Waals surface area contributed by atoms with Crippen LogP contribution in [-0.4, -0.2) is 35.4 Å². The van der Waals surface area contributed by atoms with Crippen molar-refractivity contribution < 1.29 is 4.79 Å². The van der Waals surface area contributed by atoms with E-state index >= 15 is 0 Å². The molecule has 0 spiro atoms. The summed E-state index contributed by atoms with van der Waals surface area (Å²) >= 11 is 0. The zero-order chi connectivity index (χ0) is 14.1. The average Bonchev–Trinajstić information content (AvgIpc) is 2.94. The molecule has 1 saturated heterocycles. The summed E-state index contributed by atoms with van der Waals surface area (Å²) in [5.41, 5.74) is 8.12. The van der Waals surface area contributed by atoms with Gasteiger partial charge in [0.05, 0.1) is 11.1 Å². The van der Waals surface area contributed by atoms with E-state index in [1.807, 2.05) is 42.2 Å². The van der Waals surface area contributed by atoms with E-state index in [9.17, 15) is 4.79 Å². The van der Waals surface area contributed by atoms with Crippen LogP contribution >= 0.6 is 0 Å². The largest absolute Gasteiger partial charge is 0.338 e. The maximum absolute atomic E-state index is 12.7. The highest BCUT2D eigenvalue weighted by atomic mass is 16.2. The summed E-state index contributed by atoms with van der Waals surface area (Å²) in [6.45, 7) is 4.15. The molecule has 1 fully saturated rings. The molecular weight excluding hydrogens is 250 g/mol. The fourth-order valence-electron chi connectivity index (χ4n) is 2.80. The molecular formula is C16H19N3O. The van der Waals surface area contributed by atoms with Crippen LogP contribution in [0.25, 0.3) is 10.9 Å². The smallest absolute Gasteiger partial charge is 0.256 e. The minimum Gasteiger partial charge on any atom is -0.338 e. The molecule has 1 amide bonds. The van der Waals surface area contributed by atoms with Crippen LogP contribution in [0.3, 0.4) is 0 Å². The first-order chi connectivity index (χ1) is 9.69. The van der Waals surface area contributed by atoms with Crippen molar-refractivity contribution in [2.45, 2.75) is 13.3 Å². The predicted molar refractivity (Wildman–Crippen MR) is 79.5 cm³/mol. The van der Waals surface area contributed by atoms with Gasteiger partial charge in [-0.15, -0.1) is 0 Å². The summed E-state index contributed by atoms with van der Waals surface area (Å²) in [5.74, 6) is 0.508. The van der Waals surface area contributed by atoms with Gasteiger partial charge in [-0.3, -0.25) is 9.78 Å². The summed E-state index contributed by atoms with van der Waals surface area (Å²) in [6.07, 6.45) is 0.999. The number of amides is 1. The van der Waals surface area contributed by atoms with Crippen LogP contribution < -0.4 is 5.73 Å². The minimum atomic E-state index is 0.0738. The van der Waals surface area contributed by atoms with E-state index in [1.165, 1.54) is 0 Å². The fraction of sp³-hybridized carbons (Fsp3) is 0.375. The van der Waals surface area contributed by atoms with Crippen LogP contribution in [0.4, 0.5) is 0 Å². The molecule has 1 aromatic carbocycles. The highest BCUT2D eigenvalue weighted by molar-refractivity contribution is 6.05. The molecule has 1 aromatic heterocycles. The second-order valence-corrected chi connectivity index (χ2v) is 5.47. The number of aryl methyl sites for hydroxylation is 1. The molecule has 2 aromatic rings. The number of carbonyl (C=O) groups is 1. The number of likely N-dealkylation sites (tertiary alicyclic amines) is 1. The highest BCUT2D eigenvalue weighted by Gasteiger charge is 2.27. The molecule has 0 radical (unpaired) electrons. The maximum Gasteiger partial charge on any atom is 0.256 e. The Morgan fingerprint density at radius 3 is 3.00 bits per heavy atom. The Morgan fingerprint density at radius 1 is 1.40 bits per heavy atom. The molecule has 1 atom stereocenters. The summed E-state index contributed by atoms with van der Waals surface area (Å²) in [5, 5.41) is 1.01. The van der Waals surface area contributed by atoms with E-state index in [0.29, 0.717) is 18.0 Å². The first-order valence-electron chi connectivity index (χ1n) is 7.05. The van der Waals surface area contributed by atoms with E-state index in [2.05, 4.69) is 4.98 Å². The topological polar surface area (TPSA) is 59.2 Å². The Kier molecular flexibility index (Phi) is 3.40. The normalized spacial score (nSPS) is 18.7. The lowest BCUT2D eigenvalue weighted by atomic mass is 10.1.